The number of aromatic nitrogens is 2. The van der Waals surface area contributed by atoms with Gasteiger partial charge < -0.3 is 5.73 Å². The Labute approximate surface area is 74.9 Å². The van der Waals surface area contributed by atoms with Crippen LogP contribution in [0.4, 0.5) is 5.82 Å². The van der Waals surface area contributed by atoms with Gasteiger partial charge in [-0.2, -0.15) is 5.10 Å². The monoisotopic (exact) mass is 203 g/mol. The Kier molecular flexibility index (Phi) is 2.24. The van der Waals surface area contributed by atoms with E-state index >= 15 is 0 Å². The van der Waals surface area contributed by atoms with Crippen LogP contribution in [0.25, 0.3) is 0 Å². The second-order valence-corrected chi connectivity index (χ2v) is 4.20. The van der Waals surface area contributed by atoms with Crippen LogP contribution in [0.1, 0.15) is 5.56 Å². The molecule has 0 saturated heterocycles. The fourth-order valence-corrected chi connectivity index (χ4v) is 1.28. The molecule has 0 radical (unpaired) electrons. The van der Waals surface area contributed by atoms with E-state index in [0.29, 0.717) is 0 Å². The Bertz CT molecular complexity index is 420. The summed E-state index contributed by atoms with van der Waals surface area (Å²) in [5, 5.41) is 13.0. The SMILES string of the molecule is CS(=O)(=O)Nc1[nH]ncc1C(=N)N. The fourth-order valence-electron chi connectivity index (χ4n) is 0.754. The maximum absolute atomic E-state index is 10.8. The predicted molar refractivity (Wildman–Crippen MR) is 48.1 cm³/mol. The summed E-state index contributed by atoms with van der Waals surface area (Å²) in [6.45, 7) is 0. The summed E-state index contributed by atoms with van der Waals surface area (Å²) < 4.78 is 23.8. The topological polar surface area (TPSA) is 125 Å². The largest absolute Gasteiger partial charge is 0.384 e. The zero-order valence-corrected chi connectivity index (χ0v) is 7.64. The van der Waals surface area contributed by atoms with Crippen LogP contribution in [0, 0.1) is 5.41 Å². The molecule has 13 heavy (non-hydrogen) atoms. The third kappa shape index (κ3) is 2.44. The Morgan fingerprint density at radius 1 is 1.77 bits per heavy atom. The van der Waals surface area contributed by atoms with Gasteiger partial charge in [-0.3, -0.25) is 15.2 Å². The highest BCUT2D eigenvalue weighted by atomic mass is 32.2. The van der Waals surface area contributed by atoms with E-state index < -0.39 is 10.0 Å². The van der Waals surface area contributed by atoms with Crippen LogP contribution < -0.4 is 10.5 Å². The molecule has 1 rings (SSSR count). The molecule has 5 N–H and O–H groups in total. The molecule has 1 heterocycles. The van der Waals surface area contributed by atoms with Gasteiger partial charge in [0.2, 0.25) is 10.0 Å². The number of nitrogens with one attached hydrogen (secondary N) is 3. The molecule has 8 heteroatoms. The second kappa shape index (κ2) is 3.05. The molecule has 72 valence electrons. The third-order valence-corrected chi connectivity index (χ3v) is 1.79. The molecule has 0 aliphatic heterocycles. The van der Waals surface area contributed by atoms with Crippen LogP contribution in [0.5, 0.6) is 0 Å². The van der Waals surface area contributed by atoms with Gasteiger partial charge >= 0.3 is 0 Å². The molecular weight excluding hydrogens is 194 g/mol. The summed E-state index contributed by atoms with van der Waals surface area (Å²) in [6, 6.07) is 0. The summed E-state index contributed by atoms with van der Waals surface area (Å²) in [5.74, 6) is -0.144. The van der Waals surface area contributed by atoms with E-state index in [0.717, 1.165) is 6.26 Å². The molecule has 0 amide bonds. The maximum atomic E-state index is 10.8. The molecule has 0 aliphatic carbocycles. The molecule has 1 aromatic rings. The molecule has 0 aromatic carbocycles. The lowest BCUT2D eigenvalue weighted by molar-refractivity contribution is 0.606. The highest BCUT2D eigenvalue weighted by Crippen LogP contribution is 2.10. The van der Waals surface area contributed by atoms with Crippen LogP contribution in [0.2, 0.25) is 0 Å². The molecular formula is C5H9N5O2S. The highest BCUT2D eigenvalue weighted by molar-refractivity contribution is 7.92. The molecule has 0 aliphatic rings. The second-order valence-electron chi connectivity index (χ2n) is 2.45. The van der Waals surface area contributed by atoms with Crippen molar-refractivity contribution in [2.75, 3.05) is 11.0 Å². The smallest absolute Gasteiger partial charge is 0.230 e. The van der Waals surface area contributed by atoms with Gasteiger partial charge in [0.05, 0.1) is 18.0 Å². The number of anilines is 1. The fraction of sp³-hybridized carbons (Fsp3) is 0.200. The van der Waals surface area contributed by atoms with Gasteiger partial charge in [-0.15, -0.1) is 0 Å². The normalized spacial score (nSPS) is 11.2. The number of aromatic amines is 1. The Balaban J connectivity index is 3.02. The summed E-state index contributed by atoms with van der Waals surface area (Å²) in [4.78, 5) is 0. The predicted octanol–water partition coefficient (Wildman–Crippen LogP) is -0.935. The number of hydrogen-bond acceptors (Lipinski definition) is 4. The van der Waals surface area contributed by atoms with Crippen molar-refractivity contribution in [3.05, 3.63) is 11.8 Å². The van der Waals surface area contributed by atoms with Crippen LogP contribution in [-0.4, -0.2) is 30.7 Å². The maximum Gasteiger partial charge on any atom is 0.230 e. The highest BCUT2D eigenvalue weighted by Gasteiger charge is 2.10. The third-order valence-electron chi connectivity index (χ3n) is 1.22. The van der Waals surface area contributed by atoms with Gasteiger partial charge in [0.15, 0.2) is 0 Å². The molecule has 0 bridgehead atoms. The lowest BCUT2D eigenvalue weighted by Gasteiger charge is -2.01. The molecule has 0 unspecified atom stereocenters. The van der Waals surface area contributed by atoms with Gasteiger partial charge in [0.25, 0.3) is 0 Å². The van der Waals surface area contributed by atoms with Gasteiger partial charge in [-0.25, -0.2) is 8.42 Å². The van der Waals surface area contributed by atoms with Crippen molar-refractivity contribution in [2.24, 2.45) is 5.73 Å². The quantitative estimate of drug-likeness (QED) is 0.374. The Morgan fingerprint density at radius 2 is 2.38 bits per heavy atom. The minimum Gasteiger partial charge on any atom is -0.384 e. The molecule has 0 spiro atoms. The number of nitrogens with two attached hydrogens (primary N) is 1. The minimum absolute atomic E-state index is 0.106. The number of nitrogens with zero attached hydrogens (tertiary/aromatic N) is 1. The van der Waals surface area contributed by atoms with Crippen molar-refractivity contribution in [1.29, 1.82) is 5.41 Å². The summed E-state index contributed by atoms with van der Waals surface area (Å²) in [5.41, 5.74) is 5.39. The first-order chi connectivity index (χ1) is 5.90. The number of amidine groups is 1. The lowest BCUT2D eigenvalue weighted by atomic mass is 10.3. The lowest BCUT2D eigenvalue weighted by Crippen LogP contribution is -2.16. The standard InChI is InChI=1S/C5H9N5O2S/c1-13(11,12)10-5-3(4(6)7)2-8-9-5/h2H,1H3,(H3,6,7)(H2,8,9,10). The van der Waals surface area contributed by atoms with Gasteiger partial charge in [-0.1, -0.05) is 0 Å². The average Bonchev–Trinajstić information content (AvgIpc) is 2.31. The zero-order chi connectivity index (χ0) is 10.1. The number of sulfonamides is 1. The first-order valence-electron chi connectivity index (χ1n) is 3.25. The van der Waals surface area contributed by atoms with Crippen molar-refractivity contribution in [3.63, 3.8) is 0 Å². The van der Waals surface area contributed by atoms with Crippen LogP contribution in [0.15, 0.2) is 6.20 Å². The first kappa shape index (κ1) is 9.52. The summed E-state index contributed by atoms with van der Waals surface area (Å²) in [7, 11) is -3.38. The van der Waals surface area contributed by atoms with E-state index in [4.69, 9.17) is 11.1 Å². The molecule has 0 fully saturated rings. The van der Waals surface area contributed by atoms with E-state index in [9.17, 15) is 8.42 Å². The van der Waals surface area contributed by atoms with Crippen molar-refractivity contribution in [1.82, 2.24) is 10.2 Å². The van der Waals surface area contributed by atoms with Gasteiger partial charge in [0.1, 0.15) is 11.7 Å². The molecule has 0 saturated carbocycles. The van der Waals surface area contributed by atoms with E-state index in [1.54, 1.807) is 0 Å². The van der Waals surface area contributed by atoms with Crippen LogP contribution >= 0.6 is 0 Å². The number of nitrogen functional groups attached to an aromatic ring is 1. The van der Waals surface area contributed by atoms with Crippen molar-refractivity contribution in [3.8, 4) is 0 Å². The van der Waals surface area contributed by atoms with Crippen LogP contribution in [-0.2, 0) is 10.0 Å². The molecule has 1 aromatic heterocycles. The van der Waals surface area contributed by atoms with Gasteiger partial charge in [0, 0.05) is 0 Å². The number of H-pyrrole nitrogens is 1. The number of hydrogen-bond donors (Lipinski definition) is 4. The molecule has 0 atom stereocenters. The van der Waals surface area contributed by atoms with E-state index in [1.807, 2.05) is 0 Å². The zero-order valence-electron chi connectivity index (χ0n) is 6.83. The van der Waals surface area contributed by atoms with E-state index in [-0.39, 0.29) is 17.2 Å². The molecule has 7 nitrogen and oxygen atoms in total. The first-order valence-corrected chi connectivity index (χ1v) is 5.15. The minimum atomic E-state index is -3.38. The summed E-state index contributed by atoms with van der Waals surface area (Å²) >= 11 is 0. The van der Waals surface area contributed by atoms with Gasteiger partial charge in [-0.05, 0) is 0 Å². The van der Waals surface area contributed by atoms with Crippen molar-refractivity contribution in [2.45, 2.75) is 0 Å². The van der Waals surface area contributed by atoms with Crippen LogP contribution in [0.3, 0.4) is 0 Å². The Hall–Kier alpha value is -1.57. The average molecular weight is 203 g/mol. The van der Waals surface area contributed by atoms with E-state index in [2.05, 4.69) is 14.9 Å². The van der Waals surface area contributed by atoms with Crippen molar-refractivity contribution < 1.29 is 8.42 Å². The number of rotatable bonds is 3. The van der Waals surface area contributed by atoms with Crippen molar-refractivity contribution >= 4 is 21.7 Å². The summed E-state index contributed by atoms with van der Waals surface area (Å²) in [6.07, 6.45) is 2.27. The van der Waals surface area contributed by atoms with E-state index in [1.165, 1.54) is 6.20 Å². The Morgan fingerprint density at radius 3 is 2.85 bits per heavy atom.